The number of carbonyl (C=O) groups excluding carboxylic acids is 1. The Bertz CT molecular complexity index is 525. The first-order valence-corrected chi connectivity index (χ1v) is 7.07. The van der Waals surface area contributed by atoms with E-state index in [0.717, 1.165) is 0 Å². The number of likely N-dealkylation sites (tertiary alicyclic amines) is 1. The first-order valence-electron chi connectivity index (χ1n) is 6.69. The quantitative estimate of drug-likeness (QED) is 0.900. The van der Waals surface area contributed by atoms with Crippen LogP contribution in [0.25, 0.3) is 0 Å². The predicted octanol–water partition coefficient (Wildman–Crippen LogP) is 3.20. The Labute approximate surface area is 126 Å². The summed E-state index contributed by atoms with van der Waals surface area (Å²) >= 11 is 5.85. The van der Waals surface area contributed by atoms with Crippen LogP contribution in [-0.2, 0) is 4.79 Å². The molecule has 5 nitrogen and oxygen atoms in total. The fourth-order valence-electron chi connectivity index (χ4n) is 2.39. The Morgan fingerprint density at radius 3 is 2.62 bits per heavy atom. The Balaban J connectivity index is 1.92. The third-order valence-corrected chi connectivity index (χ3v) is 3.87. The topological polar surface area (TPSA) is 69.6 Å². The van der Waals surface area contributed by atoms with Gasteiger partial charge in [-0.3, -0.25) is 4.79 Å². The zero-order chi connectivity index (χ0) is 15.4. The maximum Gasteiger partial charge on any atom is 0.321 e. The van der Waals surface area contributed by atoms with E-state index in [1.807, 2.05) is 0 Å². The molecular weight excluding hydrogens is 299 g/mol. The van der Waals surface area contributed by atoms with E-state index in [4.69, 9.17) is 16.7 Å². The molecular formula is C14H16ClFN2O3. The average molecular weight is 315 g/mol. The molecule has 7 heteroatoms. The molecule has 1 heterocycles. The van der Waals surface area contributed by atoms with Crippen molar-refractivity contribution in [1.82, 2.24) is 4.90 Å². The summed E-state index contributed by atoms with van der Waals surface area (Å²) in [7, 11) is 0. The van der Waals surface area contributed by atoms with E-state index in [-0.39, 0.29) is 23.0 Å². The molecule has 0 unspecified atom stereocenters. The van der Waals surface area contributed by atoms with E-state index in [1.54, 1.807) is 4.90 Å². The van der Waals surface area contributed by atoms with E-state index in [2.05, 4.69) is 5.32 Å². The van der Waals surface area contributed by atoms with Crippen LogP contribution in [0.4, 0.5) is 14.9 Å². The smallest absolute Gasteiger partial charge is 0.321 e. The van der Waals surface area contributed by atoms with Crippen molar-refractivity contribution in [3.8, 4) is 0 Å². The molecule has 0 aromatic heterocycles. The lowest BCUT2D eigenvalue weighted by Crippen LogP contribution is -2.41. The number of anilines is 1. The summed E-state index contributed by atoms with van der Waals surface area (Å²) in [4.78, 5) is 24.3. The van der Waals surface area contributed by atoms with Gasteiger partial charge in [-0.25, -0.2) is 9.18 Å². The summed E-state index contributed by atoms with van der Waals surface area (Å²) in [5, 5.41) is 11.4. The number of hydrogen-bond donors (Lipinski definition) is 2. The molecule has 1 aliphatic rings. The summed E-state index contributed by atoms with van der Waals surface area (Å²) in [6.45, 7) is 0.908. The molecule has 1 aliphatic heterocycles. The molecule has 0 atom stereocenters. The van der Waals surface area contributed by atoms with Crippen molar-refractivity contribution >= 4 is 29.3 Å². The van der Waals surface area contributed by atoms with Crippen LogP contribution >= 0.6 is 11.6 Å². The number of piperidine rings is 1. The Morgan fingerprint density at radius 1 is 1.38 bits per heavy atom. The lowest BCUT2D eigenvalue weighted by Gasteiger charge is -2.31. The summed E-state index contributed by atoms with van der Waals surface area (Å²) in [6.07, 6.45) is 1.38. The number of amides is 2. The van der Waals surface area contributed by atoms with Gasteiger partial charge in [0.2, 0.25) is 0 Å². The minimum Gasteiger partial charge on any atom is -0.481 e. The molecule has 0 bridgehead atoms. The van der Waals surface area contributed by atoms with Gasteiger partial charge in [-0.2, -0.15) is 0 Å². The van der Waals surface area contributed by atoms with Crippen LogP contribution in [0.3, 0.4) is 0 Å². The highest BCUT2D eigenvalue weighted by atomic mass is 35.5. The van der Waals surface area contributed by atoms with Crippen molar-refractivity contribution in [3.05, 3.63) is 29.0 Å². The second kappa shape index (κ2) is 6.76. The van der Waals surface area contributed by atoms with Crippen molar-refractivity contribution in [2.45, 2.75) is 19.3 Å². The molecule has 0 aliphatic carbocycles. The average Bonchev–Trinajstić information content (AvgIpc) is 2.43. The molecule has 21 heavy (non-hydrogen) atoms. The van der Waals surface area contributed by atoms with Gasteiger partial charge in [-0.1, -0.05) is 17.7 Å². The number of aliphatic carboxylic acids is 1. The van der Waals surface area contributed by atoms with Crippen molar-refractivity contribution in [3.63, 3.8) is 0 Å². The summed E-state index contributed by atoms with van der Waals surface area (Å²) in [5.41, 5.74) is -0.0307. The summed E-state index contributed by atoms with van der Waals surface area (Å²) in [5.74, 6) is -1.32. The standard InChI is InChI=1S/C14H16ClFN2O3/c15-10-2-1-3-11(16)13(10)17-14(21)18-6-4-9(5-7-18)8-12(19)20/h1-3,9H,4-8H2,(H,17,21)(H,19,20). The fraction of sp³-hybridized carbons (Fsp3) is 0.429. The van der Waals surface area contributed by atoms with Crippen LogP contribution in [0.1, 0.15) is 19.3 Å². The van der Waals surface area contributed by atoms with E-state index >= 15 is 0 Å². The number of urea groups is 1. The van der Waals surface area contributed by atoms with Gasteiger partial charge in [-0.05, 0) is 30.9 Å². The van der Waals surface area contributed by atoms with Crippen LogP contribution in [0.15, 0.2) is 18.2 Å². The molecule has 1 aromatic carbocycles. The van der Waals surface area contributed by atoms with E-state index in [9.17, 15) is 14.0 Å². The van der Waals surface area contributed by atoms with Crippen molar-refractivity contribution in [2.24, 2.45) is 5.92 Å². The van der Waals surface area contributed by atoms with Gasteiger partial charge in [0.1, 0.15) is 5.82 Å². The molecule has 114 valence electrons. The Morgan fingerprint density at radius 2 is 2.05 bits per heavy atom. The monoisotopic (exact) mass is 314 g/mol. The van der Waals surface area contributed by atoms with Crippen LogP contribution < -0.4 is 5.32 Å². The van der Waals surface area contributed by atoms with Crippen LogP contribution in [0.2, 0.25) is 5.02 Å². The SMILES string of the molecule is O=C(O)CC1CCN(C(=O)Nc2c(F)cccc2Cl)CC1. The molecule has 1 saturated heterocycles. The number of nitrogens with one attached hydrogen (secondary N) is 1. The first-order chi connectivity index (χ1) is 9.97. The number of benzene rings is 1. The second-order valence-electron chi connectivity index (χ2n) is 5.06. The highest BCUT2D eigenvalue weighted by Gasteiger charge is 2.25. The van der Waals surface area contributed by atoms with Gasteiger partial charge in [-0.15, -0.1) is 0 Å². The molecule has 2 rings (SSSR count). The van der Waals surface area contributed by atoms with Crippen molar-refractivity contribution in [2.75, 3.05) is 18.4 Å². The van der Waals surface area contributed by atoms with Gasteiger partial charge >= 0.3 is 12.0 Å². The number of para-hydroxylation sites is 1. The molecule has 1 fully saturated rings. The fourth-order valence-corrected chi connectivity index (χ4v) is 2.60. The molecule has 2 N–H and O–H groups in total. The lowest BCUT2D eigenvalue weighted by molar-refractivity contribution is -0.138. The number of rotatable bonds is 3. The number of carbonyl (C=O) groups is 2. The van der Waals surface area contributed by atoms with Crippen molar-refractivity contribution < 1.29 is 19.1 Å². The normalized spacial score (nSPS) is 15.8. The van der Waals surface area contributed by atoms with Crippen LogP contribution in [-0.4, -0.2) is 35.1 Å². The molecule has 0 spiro atoms. The van der Waals surface area contributed by atoms with Gasteiger partial charge < -0.3 is 15.3 Å². The highest BCUT2D eigenvalue weighted by Crippen LogP contribution is 2.26. The third-order valence-electron chi connectivity index (χ3n) is 3.56. The minimum atomic E-state index is -0.823. The number of nitrogens with zero attached hydrogens (tertiary/aromatic N) is 1. The van der Waals surface area contributed by atoms with Gasteiger partial charge in [0.05, 0.1) is 10.7 Å². The Kier molecular flexibility index (Phi) is 5.01. The molecule has 2 amide bonds. The Hall–Kier alpha value is -1.82. The molecule has 0 saturated carbocycles. The largest absolute Gasteiger partial charge is 0.481 e. The van der Waals surface area contributed by atoms with Gasteiger partial charge in [0.15, 0.2) is 0 Å². The first kappa shape index (κ1) is 15.6. The third kappa shape index (κ3) is 4.07. The zero-order valence-electron chi connectivity index (χ0n) is 11.3. The summed E-state index contributed by atoms with van der Waals surface area (Å²) in [6, 6.07) is 3.76. The number of hydrogen-bond acceptors (Lipinski definition) is 2. The van der Waals surface area contributed by atoms with E-state index in [1.165, 1.54) is 18.2 Å². The number of carboxylic acids is 1. The minimum absolute atomic E-state index is 0.0307. The van der Waals surface area contributed by atoms with E-state index in [0.29, 0.717) is 25.9 Å². The van der Waals surface area contributed by atoms with Gasteiger partial charge in [0.25, 0.3) is 0 Å². The van der Waals surface area contributed by atoms with Crippen molar-refractivity contribution in [1.29, 1.82) is 0 Å². The van der Waals surface area contributed by atoms with E-state index < -0.39 is 17.8 Å². The second-order valence-corrected chi connectivity index (χ2v) is 5.46. The predicted molar refractivity (Wildman–Crippen MR) is 77.0 cm³/mol. The highest BCUT2D eigenvalue weighted by molar-refractivity contribution is 6.33. The van der Waals surface area contributed by atoms with Crippen LogP contribution in [0.5, 0.6) is 0 Å². The van der Waals surface area contributed by atoms with Crippen LogP contribution in [0, 0.1) is 11.7 Å². The maximum atomic E-state index is 13.6. The molecule has 0 radical (unpaired) electrons. The van der Waals surface area contributed by atoms with Gasteiger partial charge in [0, 0.05) is 19.5 Å². The number of halogens is 2. The zero-order valence-corrected chi connectivity index (χ0v) is 12.1. The lowest BCUT2D eigenvalue weighted by atomic mass is 9.94. The summed E-state index contributed by atoms with van der Waals surface area (Å²) < 4.78 is 13.6. The number of carboxylic acid groups (broad SMARTS) is 1. The maximum absolute atomic E-state index is 13.6. The molecule has 1 aromatic rings.